The van der Waals surface area contributed by atoms with Crippen LogP contribution >= 0.6 is 22.7 Å². The van der Waals surface area contributed by atoms with Gasteiger partial charge < -0.3 is 11.5 Å². The summed E-state index contributed by atoms with van der Waals surface area (Å²) in [6.45, 7) is 1.16. The summed E-state index contributed by atoms with van der Waals surface area (Å²) < 4.78 is 2.58. The van der Waals surface area contributed by atoms with Crippen molar-refractivity contribution in [3.05, 3.63) is 43.8 Å². The van der Waals surface area contributed by atoms with Gasteiger partial charge in [-0.25, -0.2) is 9.97 Å². The van der Waals surface area contributed by atoms with E-state index >= 15 is 0 Å². The fraction of sp³-hybridized carbons (Fsp3) is 0.333. The highest BCUT2D eigenvalue weighted by molar-refractivity contribution is 7.22. The van der Waals surface area contributed by atoms with E-state index in [2.05, 4.69) is 15.3 Å². The molecule has 4 aromatic heterocycles. The lowest BCUT2D eigenvalue weighted by atomic mass is 10.0. The molecule has 0 aromatic carbocycles. The Hall–Kier alpha value is -4.44. The average Bonchev–Trinajstić information content (AvgIpc) is 3.45. The summed E-state index contributed by atoms with van der Waals surface area (Å²) in [5, 5.41) is 4.69. The molecule has 0 bridgehead atoms. The minimum absolute atomic E-state index is 0.0000614. The molecular weight excluding hydrogens is 560 g/mol. The topological polar surface area (TPSA) is 205 Å². The van der Waals surface area contributed by atoms with E-state index in [0.717, 1.165) is 20.8 Å². The molecule has 6 heterocycles. The third kappa shape index (κ3) is 3.98. The summed E-state index contributed by atoms with van der Waals surface area (Å²) in [7, 11) is 0. The van der Waals surface area contributed by atoms with Crippen LogP contribution in [-0.2, 0) is 25.7 Å². The van der Waals surface area contributed by atoms with Gasteiger partial charge in [0.05, 0.1) is 28.0 Å². The van der Waals surface area contributed by atoms with Gasteiger partial charge in [0, 0.05) is 18.2 Å². The first-order valence-electron chi connectivity index (χ1n) is 12.3. The first-order chi connectivity index (χ1) is 19.0. The van der Waals surface area contributed by atoms with E-state index in [1.165, 1.54) is 22.0 Å². The maximum Gasteiger partial charge on any atom is 0.272 e. The molecule has 2 atom stereocenters. The number of nitrogens with zero attached hydrogens (tertiary/aromatic N) is 5. The van der Waals surface area contributed by atoms with Gasteiger partial charge in [0.2, 0.25) is 17.7 Å². The van der Waals surface area contributed by atoms with Gasteiger partial charge in [-0.05, 0) is 25.8 Å². The van der Waals surface area contributed by atoms with Gasteiger partial charge in [-0.2, -0.15) is 0 Å². The Kier molecular flexibility index (Phi) is 6.03. The number of amides is 4. The van der Waals surface area contributed by atoms with Gasteiger partial charge in [-0.3, -0.25) is 48.1 Å². The summed E-state index contributed by atoms with van der Waals surface area (Å²) in [6.07, 6.45) is 0.0494. The van der Waals surface area contributed by atoms with Crippen molar-refractivity contribution in [2.75, 3.05) is 11.5 Å². The number of likely N-dealkylation sites (tertiary alicyclic amines) is 1. The number of piperidine rings is 2. The van der Waals surface area contributed by atoms with Crippen LogP contribution in [0.3, 0.4) is 0 Å². The van der Waals surface area contributed by atoms with E-state index in [1.807, 2.05) is 0 Å². The Morgan fingerprint density at radius 3 is 2.48 bits per heavy atom. The summed E-state index contributed by atoms with van der Waals surface area (Å²) in [5.41, 5.74) is 11.5. The number of carbonyl (C=O) groups excluding carboxylic acids is 4. The number of imide groups is 2. The van der Waals surface area contributed by atoms with Crippen molar-refractivity contribution in [2.45, 2.75) is 51.2 Å². The van der Waals surface area contributed by atoms with Crippen LogP contribution in [0.5, 0.6) is 0 Å². The quantitative estimate of drug-likeness (QED) is 0.285. The largest absolute Gasteiger partial charge is 0.391 e. The number of thiophene rings is 2. The van der Waals surface area contributed by atoms with E-state index in [-0.39, 0.29) is 57.9 Å². The lowest BCUT2D eigenvalue weighted by molar-refractivity contribution is -0.152. The molecule has 4 aromatic rings. The molecule has 0 radical (unpaired) electrons. The molecular formula is C24H22N8O6S2. The highest BCUT2D eigenvalue weighted by atomic mass is 32.1. The number of nitrogen functional groups attached to an aromatic ring is 2. The monoisotopic (exact) mass is 582 g/mol. The van der Waals surface area contributed by atoms with Gasteiger partial charge in [0.1, 0.15) is 33.4 Å². The molecule has 14 nitrogen and oxygen atoms in total. The molecule has 2 aliphatic heterocycles. The van der Waals surface area contributed by atoms with Crippen LogP contribution in [0.1, 0.15) is 49.4 Å². The van der Waals surface area contributed by atoms with E-state index in [1.54, 1.807) is 12.3 Å². The second kappa shape index (κ2) is 9.34. The summed E-state index contributed by atoms with van der Waals surface area (Å²) in [5.74, 6) is -2.08. The van der Waals surface area contributed by atoms with Crippen molar-refractivity contribution in [1.82, 2.24) is 29.3 Å². The van der Waals surface area contributed by atoms with Gasteiger partial charge in [-0.15, -0.1) is 22.7 Å². The van der Waals surface area contributed by atoms with Gasteiger partial charge >= 0.3 is 0 Å². The van der Waals surface area contributed by atoms with E-state index in [0.29, 0.717) is 10.5 Å². The van der Waals surface area contributed by atoms with Crippen LogP contribution in [0.2, 0.25) is 0 Å². The molecule has 4 amide bonds. The first kappa shape index (κ1) is 25.8. The number of nitrogens with one attached hydrogen (secondary N) is 1. The smallest absolute Gasteiger partial charge is 0.272 e. The second-order valence-electron chi connectivity index (χ2n) is 9.60. The van der Waals surface area contributed by atoms with Crippen molar-refractivity contribution in [1.29, 1.82) is 0 Å². The fourth-order valence-corrected chi connectivity index (χ4v) is 6.83. The maximum absolute atomic E-state index is 13.8. The van der Waals surface area contributed by atoms with Crippen molar-refractivity contribution in [3.63, 3.8) is 0 Å². The van der Waals surface area contributed by atoms with Crippen LogP contribution in [0.25, 0.3) is 21.1 Å². The van der Waals surface area contributed by atoms with Crippen molar-refractivity contribution in [3.8, 4) is 0 Å². The molecule has 40 heavy (non-hydrogen) atoms. The number of nitrogens with two attached hydrogens (primary N) is 2. The van der Waals surface area contributed by atoms with Crippen LogP contribution in [-0.4, -0.2) is 47.6 Å². The Morgan fingerprint density at radius 2 is 1.73 bits per heavy atom. The van der Waals surface area contributed by atoms with E-state index in [9.17, 15) is 28.8 Å². The minimum Gasteiger partial charge on any atom is -0.391 e. The highest BCUT2D eigenvalue weighted by Crippen LogP contribution is 2.30. The van der Waals surface area contributed by atoms with Crippen LogP contribution in [0, 0.1) is 6.92 Å². The van der Waals surface area contributed by atoms with Crippen LogP contribution < -0.4 is 27.9 Å². The Balaban J connectivity index is 1.44. The molecule has 2 saturated heterocycles. The van der Waals surface area contributed by atoms with Crippen molar-refractivity contribution >= 4 is 77.4 Å². The normalized spacial score (nSPS) is 20.1. The summed E-state index contributed by atoms with van der Waals surface area (Å²) in [4.78, 5) is 88.2. The third-order valence-electron chi connectivity index (χ3n) is 7.15. The molecule has 2 unspecified atom stereocenters. The molecule has 2 aliphatic rings. The number of aryl methyl sites for hydroxylation is 1. The number of anilines is 2. The first-order valence-corrected chi connectivity index (χ1v) is 14.0. The predicted molar refractivity (Wildman–Crippen MR) is 147 cm³/mol. The van der Waals surface area contributed by atoms with Gasteiger partial charge in [0.25, 0.3) is 17.0 Å². The lowest BCUT2D eigenvalue weighted by Gasteiger charge is -2.33. The third-order valence-corrected chi connectivity index (χ3v) is 8.89. The summed E-state index contributed by atoms with van der Waals surface area (Å²) >= 11 is 2.17. The Morgan fingerprint density at radius 1 is 0.975 bits per heavy atom. The SMILES string of the molecule is Cc1nc2csc(N)c2c(=O)n1C1CCC(=O)N(Cc2nc3cc(N)sc3c(=O)n2C2CCC(=O)NC2=O)C1=O. The molecule has 16 heteroatoms. The number of fused-ring (bicyclic) bond motifs is 2. The number of hydrogen-bond donors (Lipinski definition) is 3. The van der Waals surface area contributed by atoms with E-state index in [4.69, 9.17) is 11.5 Å². The minimum atomic E-state index is -1.08. The molecule has 0 aliphatic carbocycles. The Bertz CT molecular complexity index is 1900. The zero-order valence-corrected chi connectivity index (χ0v) is 22.6. The van der Waals surface area contributed by atoms with Crippen molar-refractivity contribution < 1.29 is 19.2 Å². The van der Waals surface area contributed by atoms with E-state index < -0.39 is 53.4 Å². The fourth-order valence-electron chi connectivity index (χ4n) is 5.31. The number of aromatic nitrogens is 4. The molecule has 2 fully saturated rings. The second-order valence-corrected chi connectivity index (χ2v) is 11.6. The highest BCUT2D eigenvalue weighted by Gasteiger charge is 2.39. The molecule has 0 saturated carbocycles. The molecule has 0 spiro atoms. The van der Waals surface area contributed by atoms with Gasteiger partial charge in [0.15, 0.2) is 0 Å². The average molecular weight is 583 g/mol. The molecule has 206 valence electrons. The number of carbonyl (C=O) groups is 4. The van der Waals surface area contributed by atoms with Crippen LogP contribution in [0.15, 0.2) is 21.0 Å². The zero-order valence-electron chi connectivity index (χ0n) is 21.0. The Labute approximate surface area is 232 Å². The predicted octanol–water partition coefficient (Wildman–Crippen LogP) is 0.570. The standard InChI is InChI=1S/C24H22N8O6S2/c1-9-27-11-8-39-20(26)18(11)23(37)31(9)13-3-5-17(34)30(22(13)36)7-15-28-10-6-14(25)40-19(10)24(38)32(15)12-2-4-16(33)29-21(12)35/h6,8,12-13H,2-5,7,25-26H2,1H3,(H,29,33,35). The molecule has 5 N–H and O–H groups in total. The number of hydrogen-bond acceptors (Lipinski definition) is 12. The maximum atomic E-state index is 13.8. The van der Waals surface area contributed by atoms with Gasteiger partial charge in [-0.1, -0.05) is 0 Å². The lowest BCUT2D eigenvalue weighted by Crippen LogP contribution is -2.50. The summed E-state index contributed by atoms with van der Waals surface area (Å²) in [6, 6.07) is -0.626. The molecule has 6 rings (SSSR count). The zero-order chi connectivity index (χ0) is 28.5. The van der Waals surface area contributed by atoms with Crippen LogP contribution in [0.4, 0.5) is 10.0 Å². The number of rotatable bonds is 4. The van der Waals surface area contributed by atoms with Crippen molar-refractivity contribution in [2.24, 2.45) is 0 Å².